The van der Waals surface area contributed by atoms with Crippen molar-refractivity contribution in [1.82, 2.24) is 30.4 Å². The molecule has 1 saturated heterocycles. The van der Waals surface area contributed by atoms with Crippen molar-refractivity contribution in [2.75, 3.05) is 13.1 Å². The zero-order valence-electron chi connectivity index (χ0n) is 14.2. The van der Waals surface area contributed by atoms with Gasteiger partial charge in [0.15, 0.2) is 0 Å². The average molecular weight is 338 g/mol. The first-order valence-corrected chi connectivity index (χ1v) is 8.72. The van der Waals surface area contributed by atoms with Crippen LogP contribution in [0, 0.1) is 0 Å². The number of nitrogens with zero attached hydrogens (tertiary/aromatic N) is 3. The number of benzene rings is 1. The normalized spacial score (nSPS) is 19.0. The second-order valence-corrected chi connectivity index (χ2v) is 6.52. The lowest BCUT2D eigenvalue weighted by Gasteiger charge is -2.22. The largest absolute Gasteiger partial charge is 0.341 e. The third kappa shape index (κ3) is 3.28. The van der Waals surface area contributed by atoms with Crippen molar-refractivity contribution in [1.29, 1.82) is 0 Å². The maximum Gasteiger partial charge on any atom is 0.272 e. The van der Waals surface area contributed by atoms with E-state index >= 15 is 0 Å². The predicted molar refractivity (Wildman–Crippen MR) is 95.3 cm³/mol. The molecule has 25 heavy (non-hydrogen) atoms. The molecule has 130 valence electrons. The topological polar surface area (TPSA) is 87.6 Å². The Morgan fingerprint density at radius 2 is 2.24 bits per heavy atom. The Morgan fingerprint density at radius 3 is 3.04 bits per heavy atom. The maximum atomic E-state index is 12.5. The lowest BCUT2D eigenvalue weighted by atomic mass is 10.1. The maximum absolute atomic E-state index is 12.5. The molecule has 2 unspecified atom stereocenters. The number of para-hydroxylation sites is 2. The zero-order valence-corrected chi connectivity index (χ0v) is 14.2. The number of hydrogen-bond acceptors (Lipinski definition) is 4. The number of amides is 1. The predicted octanol–water partition coefficient (Wildman–Crippen LogP) is 2.17. The number of rotatable bonds is 4. The lowest BCUT2D eigenvalue weighted by molar-refractivity contribution is 0.0932. The third-order valence-electron chi connectivity index (χ3n) is 4.65. The second-order valence-electron chi connectivity index (χ2n) is 6.52. The molecule has 0 radical (unpaired) electrons. The van der Waals surface area contributed by atoms with Crippen molar-refractivity contribution in [2.45, 2.75) is 31.8 Å². The Morgan fingerprint density at radius 1 is 1.36 bits per heavy atom. The molecule has 3 aromatic rings. The van der Waals surface area contributed by atoms with Crippen molar-refractivity contribution in [2.24, 2.45) is 0 Å². The molecule has 7 nitrogen and oxygen atoms in total. The fourth-order valence-electron chi connectivity index (χ4n) is 3.24. The summed E-state index contributed by atoms with van der Waals surface area (Å²) in [4.78, 5) is 20.3. The van der Waals surface area contributed by atoms with Crippen molar-refractivity contribution < 1.29 is 4.79 Å². The van der Waals surface area contributed by atoms with E-state index in [4.69, 9.17) is 0 Å². The van der Waals surface area contributed by atoms with E-state index in [0.717, 1.165) is 42.8 Å². The van der Waals surface area contributed by atoms with Crippen LogP contribution in [0.15, 0.2) is 36.5 Å². The van der Waals surface area contributed by atoms with Crippen LogP contribution < -0.4 is 10.6 Å². The minimum atomic E-state index is -0.221. The first-order valence-electron chi connectivity index (χ1n) is 8.72. The van der Waals surface area contributed by atoms with Gasteiger partial charge in [-0.25, -0.2) is 4.98 Å². The summed E-state index contributed by atoms with van der Waals surface area (Å²) in [5.41, 5.74) is 2.30. The molecule has 1 aliphatic heterocycles. The van der Waals surface area contributed by atoms with Crippen LogP contribution in [0.2, 0.25) is 0 Å². The molecule has 1 aliphatic rings. The van der Waals surface area contributed by atoms with Crippen LogP contribution in [-0.4, -0.2) is 38.7 Å². The molecule has 1 amide bonds. The molecule has 4 rings (SSSR count). The van der Waals surface area contributed by atoms with Gasteiger partial charge < -0.3 is 15.6 Å². The van der Waals surface area contributed by atoms with Crippen LogP contribution in [0.5, 0.6) is 0 Å². The number of aromatic amines is 1. The van der Waals surface area contributed by atoms with E-state index in [9.17, 15) is 4.79 Å². The molecule has 2 atom stereocenters. The number of aromatic nitrogens is 4. The highest BCUT2D eigenvalue weighted by Gasteiger charge is 2.19. The van der Waals surface area contributed by atoms with Crippen molar-refractivity contribution in [3.63, 3.8) is 0 Å². The molecule has 0 bridgehead atoms. The Balaban J connectivity index is 1.45. The van der Waals surface area contributed by atoms with Gasteiger partial charge in [0.2, 0.25) is 0 Å². The van der Waals surface area contributed by atoms with Gasteiger partial charge in [-0.3, -0.25) is 9.48 Å². The summed E-state index contributed by atoms with van der Waals surface area (Å²) < 4.78 is 1.90. The fraction of sp³-hybridized carbons (Fsp3) is 0.389. The quantitative estimate of drug-likeness (QED) is 0.680. The zero-order chi connectivity index (χ0) is 17.2. The molecular formula is C18H22N6O. The molecule has 7 heteroatoms. The highest BCUT2D eigenvalue weighted by atomic mass is 16.2. The van der Waals surface area contributed by atoms with Gasteiger partial charge >= 0.3 is 0 Å². The Kier molecular flexibility index (Phi) is 4.23. The number of fused-ring (bicyclic) bond motifs is 1. The summed E-state index contributed by atoms with van der Waals surface area (Å²) in [5.74, 6) is 0.556. The molecule has 1 aromatic carbocycles. The van der Waals surface area contributed by atoms with Crippen LogP contribution in [0.25, 0.3) is 11.0 Å². The summed E-state index contributed by atoms with van der Waals surface area (Å²) in [6, 6.07) is 9.70. The van der Waals surface area contributed by atoms with Gasteiger partial charge in [-0.15, -0.1) is 0 Å². The van der Waals surface area contributed by atoms with Gasteiger partial charge in [-0.1, -0.05) is 12.1 Å². The van der Waals surface area contributed by atoms with Crippen LogP contribution in [0.4, 0.5) is 0 Å². The standard InChI is InChI=1S/C18H22N6O/c1-12(17-21-14-6-2-3-7-15(14)22-17)20-18(25)16-8-10-24(23-16)13-5-4-9-19-11-13/h2-3,6-8,10,12-13,19H,4-5,9,11H2,1H3,(H,20,25)(H,21,22). The van der Waals surface area contributed by atoms with E-state index in [-0.39, 0.29) is 11.9 Å². The van der Waals surface area contributed by atoms with Gasteiger partial charge in [0.1, 0.15) is 11.5 Å². The van der Waals surface area contributed by atoms with Gasteiger partial charge in [0, 0.05) is 12.7 Å². The second kappa shape index (κ2) is 6.68. The lowest BCUT2D eigenvalue weighted by Crippen LogP contribution is -2.32. The number of imidazole rings is 1. The van der Waals surface area contributed by atoms with E-state index in [2.05, 4.69) is 25.7 Å². The molecule has 2 aromatic heterocycles. The summed E-state index contributed by atoms with van der Waals surface area (Å²) in [7, 11) is 0. The Hall–Kier alpha value is -2.67. The molecule has 0 aliphatic carbocycles. The average Bonchev–Trinajstić information content (AvgIpc) is 3.29. The van der Waals surface area contributed by atoms with Crippen molar-refractivity contribution in [3.8, 4) is 0 Å². The highest BCUT2D eigenvalue weighted by Crippen LogP contribution is 2.17. The third-order valence-corrected chi connectivity index (χ3v) is 4.65. The van der Waals surface area contributed by atoms with Gasteiger partial charge in [-0.2, -0.15) is 5.10 Å². The van der Waals surface area contributed by atoms with Gasteiger partial charge in [0.25, 0.3) is 5.91 Å². The Bertz CT molecular complexity index is 843. The number of piperidine rings is 1. The summed E-state index contributed by atoms with van der Waals surface area (Å²) in [6.45, 7) is 3.87. The van der Waals surface area contributed by atoms with Gasteiger partial charge in [-0.05, 0) is 44.5 Å². The number of nitrogens with one attached hydrogen (secondary N) is 3. The van der Waals surface area contributed by atoms with E-state index in [1.165, 1.54) is 0 Å². The van der Waals surface area contributed by atoms with E-state index in [1.807, 2.05) is 42.1 Å². The molecule has 0 saturated carbocycles. The summed E-state index contributed by atoms with van der Waals surface area (Å²) >= 11 is 0. The van der Waals surface area contributed by atoms with E-state index < -0.39 is 0 Å². The minimum Gasteiger partial charge on any atom is -0.341 e. The smallest absolute Gasteiger partial charge is 0.272 e. The monoisotopic (exact) mass is 338 g/mol. The van der Waals surface area contributed by atoms with Crippen molar-refractivity contribution in [3.05, 3.63) is 48.0 Å². The SMILES string of the molecule is CC(NC(=O)c1ccn(C2CCCNC2)n1)c1nc2ccccc2[nH]1. The first kappa shape index (κ1) is 15.8. The first-order chi connectivity index (χ1) is 12.2. The van der Waals surface area contributed by atoms with E-state index in [1.54, 1.807) is 6.07 Å². The van der Waals surface area contributed by atoms with E-state index in [0.29, 0.717) is 11.7 Å². The molecule has 1 fully saturated rings. The summed E-state index contributed by atoms with van der Waals surface area (Å²) in [5, 5.41) is 10.8. The number of carbonyl (C=O) groups is 1. The number of H-pyrrole nitrogens is 1. The Labute approximate surface area is 145 Å². The van der Waals surface area contributed by atoms with Gasteiger partial charge in [0.05, 0.1) is 23.1 Å². The van der Waals surface area contributed by atoms with Crippen LogP contribution in [0.1, 0.15) is 48.2 Å². The van der Waals surface area contributed by atoms with Crippen LogP contribution in [-0.2, 0) is 0 Å². The highest BCUT2D eigenvalue weighted by molar-refractivity contribution is 5.92. The van der Waals surface area contributed by atoms with Crippen LogP contribution >= 0.6 is 0 Å². The fourth-order valence-corrected chi connectivity index (χ4v) is 3.24. The molecule has 0 spiro atoms. The molecule has 3 heterocycles. The minimum absolute atomic E-state index is 0.185. The molecular weight excluding hydrogens is 316 g/mol. The van der Waals surface area contributed by atoms with Crippen molar-refractivity contribution >= 4 is 16.9 Å². The number of hydrogen-bond donors (Lipinski definition) is 3. The summed E-state index contributed by atoms with van der Waals surface area (Å²) in [6.07, 6.45) is 4.11. The van der Waals surface area contributed by atoms with Crippen LogP contribution in [0.3, 0.4) is 0 Å². The molecule has 3 N–H and O–H groups in total. The number of carbonyl (C=O) groups excluding carboxylic acids is 1.